The molecule has 0 atom stereocenters. The van der Waals surface area contributed by atoms with Gasteiger partial charge in [0.15, 0.2) is 0 Å². The third kappa shape index (κ3) is 6.21. The molecule has 2 amide bonds. The molecule has 1 saturated heterocycles. The number of carbonyl (C=O) groups is 2. The summed E-state index contributed by atoms with van der Waals surface area (Å²) in [5, 5.41) is 5.17. The summed E-state index contributed by atoms with van der Waals surface area (Å²) < 4.78 is 43.2. The Labute approximate surface area is 192 Å². The lowest BCUT2D eigenvalue weighted by Crippen LogP contribution is -2.40. The minimum Gasteiger partial charge on any atom is -0.495 e. The molecule has 0 saturated carbocycles. The number of ether oxygens (including phenoxy) is 3. The van der Waals surface area contributed by atoms with Crippen LogP contribution in [-0.4, -0.2) is 71.1 Å². The van der Waals surface area contributed by atoms with E-state index in [-0.39, 0.29) is 35.8 Å². The molecule has 1 aliphatic heterocycles. The van der Waals surface area contributed by atoms with E-state index < -0.39 is 21.8 Å². The summed E-state index contributed by atoms with van der Waals surface area (Å²) in [5.74, 6) is -0.197. The normalized spacial score (nSPS) is 14.4. The van der Waals surface area contributed by atoms with Gasteiger partial charge in [-0.15, -0.1) is 0 Å². The molecule has 33 heavy (non-hydrogen) atoms. The average molecular weight is 478 g/mol. The Morgan fingerprint density at radius 3 is 2.42 bits per heavy atom. The molecule has 1 fully saturated rings. The van der Waals surface area contributed by atoms with Gasteiger partial charge in [-0.25, -0.2) is 8.42 Å². The van der Waals surface area contributed by atoms with Crippen LogP contribution in [0.1, 0.15) is 17.3 Å². The van der Waals surface area contributed by atoms with Crippen LogP contribution in [0.3, 0.4) is 0 Å². The maximum Gasteiger partial charge on any atom is 0.251 e. The van der Waals surface area contributed by atoms with Crippen LogP contribution in [0, 0.1) is 0 Å². The minimum atomic E-state index is -3.88. The number of rotatable bonds is 9. The van der Waals surface area contributed by atoms with Crippen molar-refractivity contribution in [2.24, 2.45) is 0 Å². The average Bonchev–Trinajstić information content (AvgIpc) is 2.84. The molecule has 3 rings (SSSR count). The quantitative estimate of drug-likeness (QED) is 0.561. The molecule has 0 radical (unpaired) electrons. The Balaban J connectivity index is 1.66. The lowest BCUT2D eigenvalue weighted by molar-refractivity contribution is -0.115. The van der Waals surface area contributed by atoms with Crippen LogP contribution in [-0.2, 0) is 19.6 Å². The molecule has 0 aliphatic carbocycles. The largest absolute Gasteiger partial charge is 0.495 e. The monoisotopic (exact) mass is 477 g/mol. The van der Waals surface area contributed by atoms with Crippen LogP contribution in [0.15, 0.2) is 47.4 Å². The van der Waals surface area contributed by atoms with Crippen molar-refractivity contribution in [3.05, 3.63) is 48.0 Å². The van der Waals surface area contributed by atoms with Gasteiger partial charge in [0.05, 0.1) is 33.5 Å². The summed E-state index contributed by atoms with van der Waals surface area (Å²) in [6.45, 7) is 3.15. The molecule has 0 unspecified atom stereocenters. The fourth-order valence-corrected chi connectivity index (χ4v) is 4.80. The molecule has 2 aromatic carbocycles. The van der Waals surface area contributed by atoms with Gasteiger partial charge < -0.3 is 24.8 Å². The molecule has 11 heteroatoms. The van der Waals surface area contributed by atoms with E-state index in [0.717, 1.165) is 0 Å². The van der Waals surface area contributed by atoms with E-state index in [9.17, 15) is 18.0 Å². The zero-order valence-corrected chi connectivity index (χ0v) is 19.3. The Morgan fingerprint density at radius 1 is 1.09 bits per heavy atom. The van der Waals surface area contributed by atoms with Crippen molar-refractivity contribution < 1.29 is 32.2 Å². The second-order valence-electron chi connectivity index (χ2n) is 7.07. The fraction of sp³-hybridized carbons (Fsp3) is 0.364. The van der Waals surface area contributed by atoms with Crippen LogP contribution in [0.4, 0.5) is 5.69 Å². The number of carbonyl (C=O) groups excluding carboxylic acids is 2. The van der Waals surface area contributed by atoms with E-state index in [1.165, 1.54) is 29.6 Å². The van der Waals surface area contributed by atoms with Gasteiger partial charge in [-0.3, -0.25) is 9.59 Å². The molecule has 2 aromatic rings. The Kier molecular flexibility index (Phi) is 8.26. The van der Waals surface area contributed by atoms with Crippen molar-refractivity contribution in [1.29, 1.82) is 0 Å². The topological polar surface area (TPSA) is 123 Å². The number of benzene rings is 2. The number of nitrogens with one attached hydrogen (secondary N) is 2. The number of morpholine rings is 1. The molecule has 0 spiro atoms. The first-order chi connectivity index (χ1) is 15.8. The number of hydrogen-bond acceptors (Lipinski definition) is 7. The van der Waals surface area contributed by atoms with Gasteiger partial charge in [0.1, 0.15) is 16.4 Å². The van der Waals surface area contributed by atoms with Gasteiger partial charge in [0.25, 0.3) is 5.91 Å². The van der Waals surface area contributed by atoms with Crippen LogP contribution in [0.25, 0.3) is 0 Å². The molecule has 2 N–H and O–H groups in total. The van der Waals surface area contributed by atoms with E-state index in [1.807, 2.05) is 6.92 Å². The van der Waals surface area contributed by atoms with E-state index in [4.69, 9.17) is 14.2 Å². The highest BCUT2D eigenvalue weighted by atomic mass is 32.2. The molecular formula is C22H27N3O7S. The molecule has 0 aromatic heterocycles. The fourth-order valence-electron chi connectivity index (χ4n) is 3.21. The lowest BCUT2D eigenvalue weighted by atomic mass is 10.2. The number of anilines is 1. The van der Waals surface area contributed by atoms with Crippen molar-refractivity contribution in [2.45, 2.75) is 11.8 Å². The summed E-state index contributed by atoms with van der Waals surface area (Å²) in [7, 11) is -2.52. The third-order valence-corrected chi connectivity index (χ3v) is 6.79. The highest BCUT2D eigenvalue weighted by molar-refractivity contribution is 7.89. The van der Waals surface area contributed by atoms with Crippen molar-refractivity contribution >= 4 is 27.5 Å². The summed E-state index contributed by atoms with van der Waals surface area (Å²) in [4.78, 5) is 24.7. The number of methoxy groups -OCH3 is 1. The molecule has 178 valence electrons. The van der Waals surface area contributed by atoms with E-state index in [2.05, 4.69) is 10.6 Å². The minimum absolute atomic E-state index is 0.0940. The number of nitrogens with zero attached hydrogens (tertiary/aromatic N) is 1. The zero-order valence-electron chi connectivity index (χ0n) is 18.5. The van der Waals surface area contributed by atoms with Gasteiger partial charge >= 0.3 is 0 Å². The first kappa shape index (κ1) is 24.5. The summed E-state index contributed by atoms with van der Waals surface area (Å²) in [5.41, 5.74) is 0.651. The third-order valence-electron chi connectivity index (χ3n) is 4.87. The predicted molar refractivity (Wildman–Crippen MR) is 121 cm³/mol. The predicted octanol–water partition coefficient (Wildman–Crippen LogP) is 1.48. The van der Waals surface area contributed by atoms with Gasteiger partial charge in [-0.05, 0) is 49.4 Å². The number of hydrogen-bond donors (Lipinski definition) is 2. The standard InChI is InChI=1S/C22H27N3O7S/c1-3-32-18-7-5-17(6-8-18)24-21(26)15-23-22(27)16-4-9-19(30-2)20(14-16)33(28,29)25-10-12-31-13-11-25/h4-9,14H,3,10-13,15H2,1-2H3,(H,23,27)(H,24,26). The first-order valence-corrected chi connectivity index (χ1v) is 11.9. The van der Waals surface area contributed by atoms with Crippen LogP contribution in [0.2, 0.25) is 0 Å². The van der Waals surface area contributed by atoms with Crippen LogP contribution >= 0.6 is 0 Å². The first-order valence-electron chi connectivity index (χ1n) is 10.4. The van der Waals surface area contributed by atoms with Gasteiger partial charge in [-0.2, -0.15) is 4.31 Å². The smallest absolute Gasteiger partial charge is 0.251 e. The molecule has 10 nitrogen and oxygen atoms in total. The Bertz CT molecular complexity index is 1080. The highest BCUT2D eigenvalue weighted by Gasteiger charge is 2.30. The summed E-state index contributed by atoms with van der Waals surface area (Å²) >= 11 is 0. The zero-order chi connectivity index (χ0) is 23.8. The van der Waals surface area contributed by atoms with Crippen LogP contribution in [0.5, 0.6) is 11.5 Å². The second kappa shape index (κ2) is 11.1. The van der Waals surface area contributed by atoms with Crippen molar-refractivity contribution in [2.75, 3.05) is 51.9 Å². The number of amides is 2. The lowest BCUT2D eigenvalue weighted by Gasteiger charge is -2.26. The molecule has 1 heterocycles. The van der Waals surface area contributed by atoms with Crippen molar-refractivity contribution in [1.82, 2.24) is 9.62 Å². The molecule has 1 aliphatic rings. The maximum atomic E-state index is 13.1. The number of sulfonamides is 1. The van der Waals surface area contributed by atoms with E-state index in [1.54, 1.807) is 24.3 Å². The van der Waals surface area contributed by atoms with E-state index in [0.29, 0.717) is 31.3 Å². The van der Waals surface area contributed by atoms with Gasteiger partial charge in [0, 0.05) is 24.3 Å². The van der Waals surface area contributed by atoms with Crippen molar-refractivity contribution in [3.8, 4) is 11.5 Å². The molecule has 0 bridgehead atoms. The highest BCUT2D eigenvalue weighted by Crippen LogP contribution is 2.28. The van der Waals surface area contributed by atoms with Crippen LogP contribution < -0.4 is 20.1 Å². The Morgan fingerprint density at radius 2 is 1.79 bits per heavy atom. The maximum absolute atomic E-state index is 13.1. The van der Waals surface area contributed by atoms with Crippen molar-refractivity contribution in [3.63, 3.8) is 0 Å². The van der Waals surface area contributed by atoms with Gasteiger partial charge in [0.2, 0.25) is 15.9 Å². The van der Waals surface area contributed by atoms with Gasteiger partial charge in [-0.1, -0.05) is 0 Å². The second-order valence-corrected chi connectivity index (χ2v) is 8.98. The van der Waals surface area contributed by atoms with E-state index >= 15 is 0 Å². The molecular weight excluding hydrogens is 450 g/mol. The SMILES string of the molecule is CCOc1ccc(NC(=O)CNC(=O)c2ccc(OC)c(S(=O)(=O)N3CCOCC3)c2)cc1. The summed E-state index contributed by atoms with van der Waals surface area (Å²) in [6.07, 6.45) is 0. The Hall–Kier alpha value is -3.15. The summed E-state index contributed by atoms with van der Waals surface area (Å²) in [6, 6.07) is 11.0.